The monoisotopic (exact) mass is 255 g/mol. The van der Waals surface area contributed by atoms with E-state index in [4.69, 9.17) is 0 Å². The van der Waals surface area contributed by atoms with Crippen molar-refractivity contribution in [3.05, 3.63) is 24.3 Å². The Hall–Kier alpha value is -0.480. The highest BCUT2D eigenvalue weighted by Crippen LogP contribution is 2.21. The summed E-state index contributed by atoms with van der Waals surface area (Å²) in [4.78, 5) is 0.892. The first-order chi connectivity index (χ1) is 7.75. The molecule has 0 aromatic heterocycles. The predicted octanol–water partition coefficient (Wildman–Crippen LogP) is 2.73. The first kappa shape index (κ1) is 12.0. The van der Waals surface area contributed by atoms with Gasteiger partial charge in [-0.1, -0.05) is 0 Å². The molecule has 0 bridgehead atoms. The Morgan fingerprint density at radius 3 is 2.69 bits per heavy atom. The minimum Gasteiger partial charge on any atom is -0.381 e. The fourth-order valence-corrected chi connectivity index (χ4v) is 3.42. The summed E-state index contributed by atoms with van der Waals surface area (Å²) in [6, 6.07) is 8.52. The Morgan fingerprint density at radius 1 is 1.38 bits per heavy atom. The van der Waals surface area contributed by atoms with Gasteiger partial charge in [0.25, 0.3) is 0 Å². The molecule has 2 atom stereocenters. The maximum atomic E-state index is 11.2. The highest BCUT2D eigenvalue weighted by atomic mass is 32.2. The van der Waals surface area contributed by atoms with Crippen LogP contribution in [0.25, 0.3) is 0 Å². The van der Waals surface area contributed by atoms with Crippen LogP contribution in [-0.2, 0) is 10.8 Å². The molecule has 1 aromatic rings. The fraction of sp³-hybridized carbons (Fsp3) is 0.500. The number of hydrogen-bond donors (Lipinski definition) is 1. The van der Waals surface area contributed by atoms with E-state index in [9.17, 15) is 4.21 Å². The molecule has 0 saturated carbocycles. The zero-order valence-corrected chi connectivity index (χ0v) is 11.1. The van der Waals surface area contributed by atoms with E-state index in [1.807, 2.05) is 36.0 Å². The van der Waals surface area contributed by atoms with E-state index in [-0.39, 0.29) is 0 Å². The quantitative estimate of drug-likeness (QED) is 0.900. The van der Waals surface area contributed by atoms with Crippen molar-refractivity contribution in [1.29, 1.82) is 0 Å². The minimum atomic E-state index is -0.876. The largest absolute Gasteiger partial charge is 0.381 e. The van der Waals surface area contributed by atoms with Crippen molar-refractivity contribution >= 4 is 28.2 Å². The summed E-state index contributed by atoms with van der Waals surface area (Å²) in [5.41, 5.74) is 1.14. The molecule has 0 amide bonds. The second-order valence-electron chi connectivity index (χ2n) is 4.04. The number of hydrogen-bond acceptors (Lipinski definition) is 3. The summed E-state index contributed by atoms with van der Waals surface area (Å²) in [5.74, 6) is 2.49. The molecule has 0 radical (unpaired) electrons. The van der Waals surface area contributed by atoms with Crippen LogP contribution >= 0.6 is 11.8 Å². The molecule has 1 aliphatic heterocycles. The normalized spacial score (nSPS) is 22.7. The first-order valence-electron chi connectivity index (χ1n) is 5.53. The standard InChI is InChI=1S/C12H17NOS2/c1-16(14)12-6-4-10(5-7-12)13-11-3-2-8-15-9-11/h4-7,11,13H,2-3,8-9H2,1H3. The molecule has 16 heavy (non-hydrogen) atoms. The van der Waals surface area contributed by atoms with E-state index in [1.165, 1.54) is 24.3 Å². The number of benzene rings is 1. The molecule has 2 rings (SSSR count). The number of nitrogens with one attached hydrogen (secondary N) is 1. The van der Waals surface area contributed by atoms with Crippen molar-refractivity contribution in [2.75, 3.05) is 23.1 Å². The SMILES string of the molecule is CS(=O)c1ccc(NC2CCCSC2)cc1. The lowest BCUT2D eigenvalue weighted by Crippen LogP contribution is -2.25. The maximum Gasteiger partial charge on any atom is 0.0498 e. The third-order valence-electron chi connectivity index (χ3n) is 2.72. The van der Waals surface area contributed by atoms with Crippen molar-refractivity contribution in [3.8, 4) is 0 Å². The van der Waals surface area contributed by atoms with Gasteiger partial charge in [-0.15, -0.1) is 0 Å². The second kappa shape index (κ2) is 5.73. The van der Waals surface area contributed by atoms with Gasteiger partial charge in [-0.25, -0.2) is 0 Å². The van der Waals surface area contributed by atoms with Crippen molar-refractivity contribution in [1.82, 2.24) is 0 Å². The first-order valence-corrected chi connectivity index (χ1v) is 8.25. The Kier molecular flexibility index (Phi) is 4.29. The summed E-state index contributed by atoms with van der Waals surface area (Å²) >= 11 is 2.02. The fourth-order valence-electron chi connectivity index (χ4n) is 1.83. The maximum absolute atomic E-state index is 11.2. The molecule has 0 spiro atoms. The Balaban J connectivity index is 1.96. The molecule has 1 fully saturated rings. The molecular formula is C12H17NOS2. The van der Waals surface area contributed by atoms with Gasteiger partial charge >= 0.3 is 0 Å². The summed E-state index contributed by atoms with van der Waals surface area (Å²) in [7, 11) is -0.876. The predicted molar refractivity (Wildman–Crippen MR) is 72.7 cm³/mol. The van der Waals surface area contributed by atoms with E-state index in [2.05, 4.69) is 5.32 Å². The van der Waals surface area contributed by atoms with Crippen LogP contribution in [0.1, 0.15) is 12.8 Å². The van der Waals surface area contributed by atoms with Crippen molar-refractivity contribution < 1.29 is 4.21 Å². The molecule has 4 heteroatoms. The van der Waals surface area contributed by atoms with Crippen LogP contribution in [0.3, 0.4) is 0 Å². The van der Waals surface area contributed by atoms with Crippen LogP contribution in [0.15, 0.2) is 29.2 Å². The van der Waals surface area contributed by atoms with Crippen LogP contribution in [0.5, 0.6) is 0 Å². The summed E-state index contributed by atoms with van der Waals surface area (Å²) in [6.45, 7) is 0. The third-order valence-corrected chi connectivity index (χ3v) is 4.87. The molecule has 1 aromatic carbocycles. The molecule has 1 aliphatic rings. The minimum absolute atomic E-state index is 0.594. The molecule has 1 saturated heterocycles. The molecule has 2 nitrogen and oxygen atoms in total. The van der Waals surface area contributed by atoms with Gasteiger partial charge in [-0.2, -0.15) is 11.8 Å². The summed E-state index contributed by atoms with van der Waals surface area (Å²) < 4.78 is 11.2. The van der Waals surface area contributed by atoms with Crippen LogP contribution in [0, 0.1) is 0 Å². The topological polar surface area (TPSA) is 29.1 Å². The van der Waals surface area contributed by atoms with Gasteiger partial charge in [-0.05, 0) is 42.9 Å². The van der Waals surface area contributed by atoms with E-state index >= 15 is 0 Å². The van der Waals surface area contributed by atoms with Crippen molar-refractivity contribution in [2.45, 2.75) is 23.8 Å². The Morgan fingerprint density at radius 2 is 2.12 bits per heavy atom. The van der Waals surface area contributed by atoms with E-state index in [0.717, 1.165) is 10.6 Å². The van der Waals surface area contributed by atoms with Gasteiger partial charge in [0.1, 0.15) is 0 Å². The number of thioether (sulfide) groups is 1. The Labute approximate surface area is 104 Å². The van der Waals surface area contributed by atoms with Gasteiger partial charge in [0, 0.05) is 39.4 Å². The molecule has 0 aliphatic carbocycles. The lowest BCUT2D eigenvalue weighted by molar-refractivity contribution is 0.684. The molecule has 1 heterocycles. The second-order valence-corrected chi connectivity index (χ2v) is 6.57. The zero-order valence-electron chi connectivity index (χ0n) is 9.44. The molecule has 1 N–H and O–H groups in total. The molecule has 2 unspecified atom stereocenters. The molecular weight excluding hydrogens is 238 g/mol. The van der Waals surface area contributed by atoms with Crippen LogP contribution in [0.4, 0.5) is 5.69 Å². The smallest absolute Gasteiger partial charge is 0.0498 e. The summed E-state index contributed by atoms with van der Waals surface area (Å²) in [6.07, 6.45) is 4.27. The van der Waals surface area contributed by atoms with Crippen molar-refractivity contribution in [2.24, 2.45) is 0 Å². The highest BCUT2D eigenvalue weighted by Gasteiger charge is 2.12. The van der Waals surface area contributed by atoms with Crippen LogP contribution in [-0.4, -0.2) is 28.0 Å². The van der Waals surface area contributed by atoms with Gasteiger partial charge in [0.05, 0.1) is 0 Å². The number of rotatable bonds is 3. The van der Waals surface area contributed by atoms with Gasteiger partial charge in [0.15, 0.2) is 0 Å². The average molecular weight is 255 g/mol. The third kappa shape index (κ3) is 3.25. The van der Waals surface area contributed by atoms with Crippen LogP contribution < -0.4 is 5.32 Å². The van der Waals surface area contributed by atoms with E-state index < -0.39 is 10.8 Å². The van der Waals surface area contributed by atoms with Crippen LogP contribution in [0.2, 0.25) is 0 Å². The Bertz CT molecular complexity index is 358. The lowest BCUT2D eigenvalue weighted by Gasteiger charge is -2.23. The summed E-state index contributed by atoms with van der Waals surface area (Å²) in [5, 5.41) is 3.53. The van der Waals surface area contributed by atoms with Gasteiger partial charge < -0.3 is 5.32 Å². The number of anilines is 1. The molecule has 88 valence electrons. The van der Waals surface area contributed by atoms with E-state index in [1.54, 1.807) is 6.26 Å². The van der Waals surface area contributed by atoms with Gasteiger partial charge in [-0.3, -0.25) is 4.21 Å². The average Bonchev–Trinajstić information content (AvgIpc) is 2.31. The lowest BCUT2D eigenvalue weighted by atomic mass is 10.2. The van der Waals surface area contributed by atoms with Crippen molar-refractivity contribution in [3.63, 3.8) is 0 Å². The highest BCUT2D eigenvalue weighted by molar-refractivity contribution is 7.99. The van der Waals surface area contributed by atoms with Gasteiger partial charge in [0.2, 0.25) is 0 Å². The zero-order chi connectivity index (χ0) is 11.4. The van der Waals surface area contributed by atoms with E-state index in [0.29, 0.717) is 6.04 Å².